The number of ether oxygens (including phenoxy) is 2. The van der Waals surface area contributed by atoms with Crippen LogP contribution in [0.4, 0.5) is 0 Å². The molecule has 0 atom stereocenters. The SMILES string of the molecule is CCCCOC(=O)CN1CCCOCC1. The summed E-state index contributed by atoms with van der Waals surface area (Å²) in [6, 6.07) is 0. The van der Waals surface area contributed by atoms with E-state index in [1.54, 1.807) is 0 Å². The van der Waals surface area contributed by atoms with Gasteiger partial charge in [0.1, 0.15) is 0 Å². The molecule has 1 fully saturated rings. The summed E-state index contributed by atoms with van der Waals surface area (Å²) in [5.74, 6) is -0.106. The molecule has 0 amide bonds. The van der Waals surface area contributed by atoms with Crippen molar-refractivity contribution in [3.8, 4) is 0 Å². The second kappa shape index (κ2) is 7.65. The van der Waals surface area contributed by atoms with Crippen LogP contribution < -0.4 is 0 Å². The van der Waals surface area contributed by atoms with Crippen molar-refractivity contribution in [1.29, 1.82) is 0 Å². The quantitative estimate of drug-likeness (QED) is 0.507. The van der Waals surface area contributed by atoms with E-state index in [4.69, 9.17) is 9.47 Å². The monoisotopic (exact) mass is 215 g/mol. The number of carbonyl (C=O) groups excluding carboxylic acids is 1. The van der Waals surface area contributed by atoms with Gasteiger partial charge in [-0.05, 0) is 12.8 Å². The Morgan fingerprint density at radius 1 is 1.40 bits per heavy atom. The molecular formula is C11H21NO3. The Hall–Kier alpha value is -0.610. The zero-order chi connectivity index (χ0) is 10.9. The van der Waals surface area contributed by atoms with Gasteiger partial charge in [-0.1, -0.05) is 13.3 Å². The van der Waals surface area contributed by atoms with E-state index in [9.17, 15) is 4.79 Å². The maximum Gasteiger partial charge on any atom is 0.320 e. The summed E-state index contributed by atoms with van der Waals surface area (Å²) >= 11 is 0. The van der Waals surface area contributed by atoms with Crippen LogP contribution in [0.2, 0.25) is 0 Å². The van der Waals surface area contributed by atoms with Gasteiger partial charge in [0.15, 0.2) is 0 Å². The maximum atomic E-state index is 11.4. The lowest BCUT2D eigenvalue weighted by Crippen LogP contribution is -2.33. The summed E-state index contributed by atoms with van der Waals surface area (Å²) in [7, 11) is 0. The van der Waals surface area contributed by atoms with Crippen molar-refractivity contribution in [3.05, 3.63) is 0 Å². The highest BCUT2D eigenvalue weighted by molar-refractivity contribution is 5.71. The Balaban J connectivity index is 2.12. The van der Waals surface area contributed by atoms with Crippen LogP contribution in [-0.4, -0.2) is 50.3 Å². The van der Waals surface area contributed by atoms with Crippen LogP contribution in [0.15, 0.2) is 0 Å². The van der Waals surface area contributed by atoms with Gasteiger partial charge < -0.3 is 9.47 Å². The third kappa shape index (κ3) is 5.74. The number of carbonyl (C=O) groups is 1. The molecule has 1 heterocycles. The molecule has 0 spiro atoms. The van der Waals surface area contributed by atoms with Gasteiger partial charge in [0.25, 0.3) is 0 Å². The van der Waals surface area contributed by atoms with E-state index in [0.29, 0.717) is 13.2 Å². The predicted molar refractivity (Wildman–Crippen MR) is 57.7 cm³/mol. The second-order valence-corrected chi connectivity index (χ2v) is 3.82. The minimum absolute atomic E-state index is 0.106. The molecule has 88 valence electrons. The molecule has 0 bridgehead atoms. The maximum absolute atomic E-state index is 11.4. The lowest BCUT2D eigenvalue weighted by Gasteiger charge is -2.17. The highest BCUT2D eigenvalue weighted by atomic mass is 16.5. The standard InChI is InChI=1S/C11H21NO3/c1-2-3-8-15-11(13)10-12-5-4-7-14-9-6-12/h2-10H2,1H3. The van der Waals surface area contributed by atoms with Gasteiger partial charge in [-0.2, -0.15) is 0 Å². The molecule has 1 saturated heterocycles. The van der Waals surface area contributed by atoms with Crippen molar-refractivity contribution in [2.24, 2.45) is 0 Å². The second-order valence-electron chi connectivity index (χ2n) is 3.82. The van der Waals surface area contributed by atoms with Gasteiger partial charge in [0.05, 0.1) is 19.8 Å². The van der Waals surface area contributed by atoms with Crippen molar-refractivity contribution < 1.29 is 14.3 Å². The first kappa shape index (κ1) is 12.5. The van der Waals surface area contributed by atoms with E-state index in [2.05, 4.69) is 11.8 Å². The third-order valence-corrected chi connectivity index (χ3v) is 2.43. The third-order valence-electron chi connectivity index (χ3n) is 2.43. The van der Waals surface area contributed by atoms with Crippen LogP contribution >= 0.6 is 0 Å². The van der Waals surface area contributed by atoms with E-state index in [-0.39, 0.29) is 5.97 Å². The number of nitrogens with zero attached hydrogens (tertiary/aromatic N) is 1. The lowest BCUT2D eigenvalue weighted by molar-refractivity contribution is -0.145. The first-order valence-electron chi connectivity index (χ1n) is 5.78. The molecule has 0 aromatic heterocycles. The predicted octanol–water partition coefficient (Wildman–Crippen LogP) is 1.05. The fourth-order valence-corrected chi connectivity index (χ4v) is 1.51. The van der Waals surface area contributed by atoms with Gasteiger partial charge in [-0.25, -0.2) is 0 Å². The van der Waals surface area contributed by atoms with Crippen LogP contribution in [0.25, 0.3) is 0 Å². The van der Waals surface area contributed by atoms with Crippen molar-refractivity contribution in [2.75, 3.05) is 39.5 Å². The summed E-state index contributed by atoms with van der Waals surface area (Å²) < 4.78 is 10.4. The smallest absolute Gasteiger partial charge is 0.320 e. The Morgan fingerprint density at radius 2 is 2.27 bits per heavy atom. The van der Waals surface area contributed by atoms with E-state index in [1.807, 2.05) is 0 Å². The van der Waals surface area contributed by atoms with Crippen molar-refractivity contribution in [3.63, 3.8) is 0 Å². The van der Waals surface area contributed by atoms with E-state index in [0.717, 1.165) is 45.6 Å². The Labute approximate surface area is 91.5 Å². The Bertz CT molecular complexity index is 177. The van der Waals surface area contributed by atoms with E-state index < -0.39 is 0 Å². The highest BCUT2D eigenvalue weighted by Gasteiger charge is 2.13. The number of hydrogen-bond acceptors (Lipinski definition) is 4. The van der Waals surface area contributed by atoms with Crippen LogP contribution in [0, 0.1) is 0 Å². The van der Waals surface area contributed by atoms with Crippen LogP contribution in [0.5, 0.6) is 0 Å². The minimum Gasteiger partial charge on any atom is -0.465 e. The van der Waals surface area contributed by atoms with Gasteiger partial charge in [0, 0.05) is 19.7 Å². The minimum atomic E-state index is -0.106. The highest BCUT2D eigenvalue weighted by Crippen LogP contribution is 1.99. The molecule has 4 heteroatoms. The first-order chi connectivity index (χ1) is 7.33. The van der Waals surface area contributed by atoms with Gasteiger partial charge in [-0.3, -0.25) is 9.69 Å². The molecule has 0 unspecified atom stereocenters. The molecule has 0 aliphatic carbocycles. The Kier molecular flexibility index (Phi) is 6.36. The summed E-state index contributed by atoms with van der Waals surface area (Å²) in [5.41, 5.74) is 0. The van der Waals surface area contributed by atoms with Gasteiger partial charge in [0.2, 0.25) is 0 Å². The van der Waals surface area contributed by atoms with Crippen molar-refractivity contribution in [1.82, 2.24) is 4.90 Å². The summed E-state index contributed by atoms with van der Waals surface area (Å²) in [5, 5.41) is 0. The zero-order valence-electron chi connectivity index (χ0n) is 9.54. The Morgan fingerprint density at radius 3 is 3.07 bits per heavy atom. The molecule has 4 nitrogen and oxygen atoms in total. The van der Waals surface area contributed by atoms with Crippen LogP contribution in [-0.2, 0) is 14.3 Å². The van der Waals surface area contributed by atoms with E-state index >= 15 is 0 Å². The normalized spacial score (nSPS) is 18.5. The summed E-state index contributed by atoms with van der Waals surface area (Å²) in [4.78, 5) is 13.5. The molecule has 0 aromatic rings. The molecule has 1 aliphatic heterocycles. The number of hydrogen-bond donors (Lipinski definition) is 0. The van der Waals surface area contributed by atoms with Gasteiger partial charge >= 0.3 is 5.97 Å². The fourth-order valence-electron chi connectivity index (χ4n) is 1.51. The largest absolute Gasteiger partial charge is 0.465 e. The van der Waals surface area contributed by atoms with Crippen molar-refractivity contribution >= 4 is 5.97 Å². The van der Waals surface area contributed by atoms with Gasteiger partial charge in [-0.15, -0.1) is 0 Å². The molecule has 0 saturated carbocycles. The number of rotatable bonds is 5. The molecule has 1 rings (SSSR count). The molecule has 1 aliphatic rings. The molecule has 0 aromatic carbocycles. The molecule has 15 heavy (non-hydrogen) atoms. The lowest BCUT2D eigenvalue weighted by atomic mass is 10.3. The number of esters is 1. The summed E-state index contributed by atoms with van der Waals surface area (Å²) in [6.07, 6.45) is 3.02. The average Bonchev–Trinajstić information content (AvgIpc) is 2.47. The summed E-state index contributed by atoms with van der Waals surface area (Å²) in [6.45, 7) is 6.35. The molecular weight excluding hydrogens is 194 g/mol. The molecule has 0 N–H and O–H groups in total. The van der Waals surface area contributed by atoms with Crippen LogP contribution in [0.1, 0.15) is 26.2 Å². The topological polar surface area (TPSA) is 38.8 Å². The van der Waals surface area contributed by atoms with Crippen molar-refractivity contribution in [2.45, 2.75) is 26.2 Å². The first-order valence-corrected chi connectivity index (χ1v) is 5.78. The fraction of sp³-hybridized carbons (Fsp3) is 0.909. The van der Waals surface area contributed by atoms with E-state index in [1.165, 1.54) is 0 Å². The van der Waals surface area contributed by atoms with Crippen LogP contribution in [0.3, 0.4) is 0 Å². The average molecular weight is 215 g/mol. The number of unbranched alkanes of at least 4 members (excludes halogenated alkanes) is 1. The molecule has 0 radical (unpaired) electrons. The zero-order valence-corrected chi connectivity index (χ0v) is 9.54.